The van der Waals surface area contributed by atoms with Gasteiger partial charge in [0.25, 0.3) is 11.6 Å². The van der Waals surface area contributed by atoms with Gasteiger partial charge in [-0.1, -0.05) is 0 Å². The van der Waals surface area contributed by atoms with E-state index in [-0.39, 0.29) is 23.4 Å². The summed E-state index contributed by atoms with van der Waals surface area (Å²) < 4.78 is 0. The number of nitro benzene ring substituents is 1. The monoisotopic (exact) mass is 334 g/mol. The molecular formula is C16H22N4O4. The van der Waals surface area contributed by atoms with Gasteiger partial charge in [-0.15, -0.1) is 0 Å². The number of aryl methyl sites for hydroxylation is 1. The molecule has 1 aromatic rings. The third-order valence-electron chi connectivity index (χ3n) is 4.17. The van der Waals surface area contributed by atoms with Crippen LogP contribution in [0.4, 0.5) is 5.69 Å². The van der Waals surface area contributed by atoms with Crippen LogP contribution >= 0.6 is 0 Å². The number of non-ortho nitro benzene ring substituents is 1. The average molecular weight is 334 g/mol. The molecule has 2 amide bonds. The summed E-state index contributed by atoms with van der Waals surface area (Å²) in [5.41, 5.74) is 6.33. The predicted octanol–water partition coefficient (Wildman–Crippen LogP) is 0.830. The Morgan fingerprint density at radius 1 is 1.46 bits per heavy atom. The number of rotatable bonds is 5. The molecule has 0 saturated carbocycles. The summed E-state index contributed by atoms with van der Waals surface area (Å²) in [5, 5.41) is 13.6. The maximum atomic E-state index is 12.7. The third-order valence-corrected chi connectivity index (χ3v) is 4.17. The second kappa shape index (κ2) is 7.87. The van der Waals surface area contributed by atoms with Crippen molar-refractivity contribution in [2.45, 2.75) is 19.8 Å². The Morgan fingerprint density at radius 3 is 2.83 bits per heavy atom. The Labute approximate surface area is 140 Å². The summed E-state index contributed by atoms with van der Waals surface area (Å²) in [6, 6.07) is 4.20. The molecule has 1 saturated heterocycles. The number of nitrogens with two attached hydrogens (primary N) is 1. The van der Waals surface area contributed by atoms with Gasteiger partial charge < -0.3 is 16.0 Å². The Balaban J connectivity index is 2.09. The van der Waals surface area contributed by atoms with E-state index < -0.39 is 4.92 Å². The molecule has 1 fully saturated rings. The van der Waals surface area contributed by atoms with Gasteiger partial charge in [0, 0.05) is 43.9 Å². The van der Waals surface area contributed by atoms with Gasteiger partial charge in [-0.05, 0) is 31.4 Å². The highest BCUT2D eigenvalue weighted by atomic mass is 16.6. The SMILES string of the molecule is Cc1cc([N+](=O)[O-])ccc1C(=O)N1CCCC(C(=O)NCCN)C1. The highest BCUT2D eigenvalue weighted by Crippen LogP contribution is 2.22. The van der Waals surface area contributed by atoms with Crippen molar-refractivity contribution in [3.63, 3.8) is 0 Å². The fraction of sp³-hybridized carbons (Fsp3) is 0.500. The van der Waals surface area contributed by atoms with Gasteiger partial charge in [-0.2, -0.15) is 0 Å². The van der Waals surface area contributed by atoms with Crippen LogP contribution in [0.3, 0.4) is 0 Å². The average Bonchev–Trinajstić information content (AvgIpc) is 2.59. The topological polar surface area (TPSA) is 119 Å². The van der Waals surface area contributed by atoms with E-state index in [0.29, 0.717) is 37.3 Å². The van der Waals surface area contributed by atoms with Crippen molar-refractivity contribution >= 4 is 17.5 Å². The van der Waals surface area contributed by atoms with E-state index in [2.05, 4.69) is 5.32 Å². The minimum atomic E-state index is -0.486. The lowest BCUT2D eigenvalue weighted by Gasteiger charge is -2.32. The Morgan fingerprint density at radius 2 is 2.21 bits per heavy atom. The maximum Gasteiger partial charge on any atom is 0.269 e. The van der Waals surface area contributed by atoms with Crippen LogP contribution in [-0.2, 0) is 4.79 Å². The standard InChI is InChI=1S/C16H22N4O4/c1-11-9-13(20(23)24)4-5-14(11)16(22)19-8-2-3-12(10-19)15(21)18-7-6-17/h4-5,9,12H,2-3,6-8,10,17H2,1H3,(H,18,21). The molecule has 1 aliphatic rings. The molecule has 1 atom stereocenters. The summed E-state index contributed by atoms with van der Waals surface area (Å²) in [5.74, 6) is -0.523. The summed E-state index contributed by atoms with van der Waals surface area (Å²) in [6.45, 7) is 3.41. The Bertz CT molecular complexity index is 647. The fourth-order valence-corrected chi connectivity index (χ4v) is 2.89. The number of nitro groups is 1. The molecule has 0 spiro atoms. The summed E-state index contributed by atoms with van der Waals surface area (Å²) >= 11 is 0. The van der Waals surface area contributed by atoms with Crippen LogP contribution in [0.15, 0.2) is 18.2 Å². The first kappa shape index (κ1) is 17.9. The molecule has 1 aliphatic heterocycles. The number of benzene rings is 1. The summed E-state index contributed by atoms with van der Waals surface area (Å²) in [6.07, 6.45) is 1.48. The van der Waals surface area contributed by atoms with Crippen LogP contribution in [0.25, 0.3) is 0 Å². The van der Waals surface area contributed by atoms with E-state index in [1.807, 2.05) is 0 Å². The van der Waals surface area contributed by atoms with Gasteiger partial charge in [0.1, 0.15) is 0 Å². The van der Waals surface area contributed by atoms with E-state index in [0.717, 1.165) is 12.8 Å². The molecule has 8 heteroatoms. The number of likely N-dealkylation sites (tertiary alicyclic amines) is 1. The highest BCUT2D eigenvalue weighted by Gasteiger charge is 2.29. The maximum absolute atomic E-state index is 12.7. The van der Waals surface area contributed by atoms with Crippen LogP contribution in [0, 0.1) is 23.0 Å². The number of hydrogen-bond acceptors (Lipinski definition) is 5. The molecule has 1 heterocycles. The van der Waals surface area contributed by atoms with Gasteiger partial charge in [-0.25, -0.2) is 0 Å². The second-order valence-electron chi connectivity index (χ2n) is 5.93. The van der Waals surface area contributed by atoms with Crippen LogP contribution < -0.4 is 11.1 Å². The van der Waals surface area contributed by atoms with Gasteiger partial charge in [0.15, 0.2) is 0 Å². The van der Waals surface area contributed by atoms with Crippen molar-refractivity contribution in [1.82, 2.24) is 10.2 Å². The first-order valence-corrected chi connectivity index (χ1v) is 7.96. The van der Waals surface area contributed by atoms with Gasteiger partial charge in [0.2, 0.25) is 5.91 Å². The number of piperidine rings is 1. The lowest BCUT2D eigenvalue weighted by atomic mass is 9.96. The van der Waals surface area contributed by atoms with Crippen LogP contribution in [0.1, 0.15) is 28.8 Å². The smallest absolute Gasteiger partial charge is 0.269 e. The number of carbonyl (C=O) groups is 2. The lowest BCUT2D eigenvalue weighted by Crippen LogP contribution is -2.46. The van der Waals surface area contributed by atoms with Gasteiger partial charge in [-0.3, -0.25) is 19.7 Å². The predicted molar refractivity (Wildman–Crippen MR) is 88.5 cm³/mol. The zero-order chi connectivity index (χ0) is 17.7. The number of carbonyl (C=O) groups excluding carboxylic acids is 2. The Kier molecular flexibility index (Phi) is 5.86. The summed E-state index contributed by atoms with van der Waals surface area (Å²) in [4.78, 5) is 36.7. The number of nitrogens with zero attached hydrogens (tertiary/aromatic N) is 2. The molecule has 24 heavy (non-hydrogen) atoms. The van der Waals surface area contributed by atoms with Crippen molar-refractivity contribution in [1.29, 1.82) is 0 Å². The largest absolute Gasteiger partial charge is 0.355 e. The zero-order valence-electron chi connectivity index (χ0n) is 13.7. The minimum absolute atomic E-state index is 0.0401. The fourth-order valence-electron chi connectivity index (χ4n) is 2.89. The molecule has 0 radical (unpaired) electrons. The second-order valence-corrected chi connectivity index (χ2v) is 5.93. The quantitative estimate of drug-likeness (QED) is 0.611. The van der Waals surface area contributed by atoms with E-state index in [9.17, 15) is 19.7 Å². The van der Waals surface area contributed by atoms with Gasteiger partial charge >= 0.3 is 0 Å². The van der Waals surface area contributed by atoms with Crippen LogP contribution in [0.5, 0.6) is 0 Å². The summed E-state index contributed by atoms with van der Waals surface area (Å²) in [7, 11) is 0. The van der Waals surface area contributed by atoms with Crippen molar-refractivity contribution in [2.75, 3.05) is 26.2 Å². The van der Waals surface area contributed by atoms with Crippen LogP contribution in [-0.4, -0.2) is 47.8 Å². The highest BCUT2D eigenvalue weighted by molar-refractivity contribution is 5.96. The van der Waals surface area contributed by atoms with Crippen LogP contribution in [0.2, 0.25) is 0 Å². The van der Waals surface area contributed by atoms with E-state index >= 15 is 0 Å². The van der Waals surface area contributed by atoms with Crippen molar-refractivity contribution in [3.05, 3.63) is 39.4 Å². The molecule has 2 rings (SSSR count). The zero-order valence-corrected chi connectivity index (χ0v) is 13.7. The molecule has 1 unspecified atom stereocenters. The molecule has 0 aromatic heterocycles. The van der Waals surface area contributed by atoms with E-state index in [1.165, 1.54) is 18.2 Å². The van der Waals surface area contributed by atoms with Gasteiger partial charge in [0.05, 0.1) is 10.8 Å². The first-order chi connectivity index (χ1) is 11.4. The molecule has 8 nitrogen and oxygen atoms in total. The molecule has 0 aliphatic carbocycles. The molecule has 130 valence electrons. The number of hydrogen-bond donors (Lipinski definition) is 2. The van der Waals surface area contributed by atoms with E-state index in [4.69, 9.17) is 5.73 Å². The minimum Gasteiger partial charge on any atom is -0.355 e. The lowest BCUT2D eigenvalue weighted by molar-refractivity contribution is -0.384. The number of nitrogens with one attached hydrogen (secondary N) is 1. The molecular weight excluding hydrogens is 312 g/mol. The molecule has 0 bridgehead atoms. The van der Waals surface area contributed by atoms with Crippen molar-refractivity contribution in [2.24, 2.45) is 11.7 Å². The Hall–Kier alpha value is -2.48. The van der Waals surface area contributed by atoms with Crippen molar-refractivity contribution < 1.29 is 14.5 Å². The number of amides is 2. The molecule has 1 aromatic carbocycles. The van der Waals surface area contributed by atoms with Crippen molar-refractivity contribution in [3.8, 4) is 0 Å². The normalized spacial score (nSPS) is 17.4. The first-order valence-electron chi connectivity index (χ1n) is 7.96. The third kappa shape index (κ3) is 4.08. The van der Waals surface area contributed by atoms with E-state index in [1.54, 1.807) is 11.8 Å². The molecule has 3 N–H and O–H groups in total.